The van der Waals surface area contributed by atoms with E-state index in [2.05, 4.69) is 18.7 Å². The minimum Gasteiger partial charge on any atom is -0.368 e. The Morgan fingerprint density at radius 1 is 1.37 bits per heavy atom. The lowest BCUT2D eigenvalue weighted by atomic mass is 9.84. The van der Waals surface area contributed by atoms with Gasteiger partial charge in [-0.3, -0.25) is 4.79 Å². The standard InChI is InChI=1S/C15H29N3O/c1-11-5-8-18(12(2)10-11)9-6-13-4-3-7-15(13,17)14(16)19/h11-13H,3-10,17H2,1-2H3,(H2,16,19). The number of primary amides is 1. The van der Waals surface area contributed by atoms with Crippen molar-refractivity contribution in [2.24, 2.45) is 23.3 Å². The maximum absolute atomic E-state index is 11.6. The van der Waals surface area contributed by atoms with Crippen molar-refractivity contribution in [1.29, 1.82) is 0 Å². The predicted octanol–water partition coefficient (Wildman–Crippen LogP) is 1.48. The Labute approximate surface area is 116 Å². The summed E-state index contributed by atoms with van der Waals surface area (Å²) in [7, 11) is 0. The first-order valence-electron chi connectivity index (χ1n) is 7.76. The van der Waals surface area contributed by atoms with E-state index in [0.717, 1.165) is 38.1 Å². The predicted molar refractivity (Wildman–Crippen MR) is 77.5 cm³/mol. The molecule has 2 rings (SSSR count). The van der Waals surface area contributed by atoms with E-state index in [1.54, 1.807) is 0 Å². The number of nitrogens with zero attached hydrogens (tertiary/aromatic N) is 1. The minimum atomic E-state index is -0.744. The molecule has 2 aliphatic rings. The van der Waals surface area contributed by atoms with Gasteiger partial charge in [-0.1, -0.05) is 13.3 Å². The Hall–Kier alpha value is -0.610. The summed E-state index contributed by atoms with van der Waals surface area (Å²) in [6, 6.07) is 0.658. The lowest BCUT2D eigenvalue weighted by Crippen LogP contribution is -2.55. The van der Waals surface area contributed by atoms with Crippen LogP contribution >= 0.6 is 0 Å². The highest BCUT2D eigenvalue weighted by atomic mass is 16.1. The first kappa shape index (κ1) is 14.8. The van der Waals surface area contributed by atoms with Crippen LogP contribution < -0.4 is 11.5 Å². The summed E-state index contributed by atoms with van der Waals surface area (Å²) >= 11 is 0. The van der Waals surface area contributed by atoms with Crippen LogP contribution in [0.4, 0.5) is 0 Å². The minimum absolute atomic E-state index is 0.275. The topological polar surface area (TPSA) is 72.3 Å². The van der Waals surface area contributed by atoms with Crippen LogP contribution in [0.5, 0.6) is 0 Å². The molecule has 1 heterocycles. The second kappa shape index (κ2) is 5.80. The molecule has 1 amide bonds. The molecule has 0 aromatic carbocycles. The number of carbonyl (C=O) groups is 1. The Morgan fingerprint density at radius 2 is 2.11 bits per heavy atom. The lowest BCUT2D eigenvalue weighted by Gasteiger charge is -2.38. The first-order chi connectivity index (χ1) is 8.93. The van der Waals surface area contributed by atoms with Crippen molar-refractivity contribution in [2.45, 2.75) is 64.0 Å². The number of hydrogen-bond acceptors (Lipinski definition) is 3. The number of nitrogens with two attached hydrogens (primary N) is 2. The number of hydrogen-bond donors (Lipinski definition) is 2. The third-order valence-electron chi connectivity index (χ3n) is 5.37. The summed E-state index contributed by atoms with van der Waals surface area (Å²) in [5, 5.41) is 0. The SMILES string of the molecule is CC1CCN(CCC2CCCC2(N)C(N)=O)C(C)C1. The molecule has 1 aliphatic heterocycles. The molecule has 110 valence electrons. The van der Waals surface area contributed by atoms with Crippen molar-refractivity contribution < 1.29 is 4.79 Å². The van der Waals surface area contributed by atoms with Gasteiger partial charge in [0.1, 0.15) is 0 Å². The molecule has 4 unspecified atom stereocenters. The average molecular weight is 267 g/mol. The lowest BCUT2D eigenvalue weighted by molar-refractivity contribution is -0.124. The summed E-state index contributed by atoms with van der Waals surface area (Å²) in [6.45, 7) is 6.89. The molecular formula is C15H29N3O. The van der Waals surface area contributed by atoms with Crippen LogP contribution in [0.15, 0.2) is 0 Å². The normalized spacial score (nSPS) is 40.5. The number of carbonyl (C=O) groups excluding carboxylic acids is 1. The van der Waals surface area contributed by atoms with Crippen LogP contribution in [-0.4, -0.2) is 35.5 Å². The molecule has 0 aromatic heterocycles. The van der Waals surface area contributed by atoms with Gasteiger partial charge in [-0.15, -0.1) is 0 Å². The van der Waals surface area contributed by atoms with Gasteiger partial charge in [0.15, 0.2) is 0 Å². The summed E-state index contributed by atoms with van der Waals surface area (Å²) in [4.78, 5) is 14.1. The monoisotopic (exact) mass is 267 g/mol. The van der Waals surface area contributed by atoms with Crippen LogP contribution in [0, 0.1) is 11.8 Å². The number of likely N-dealkylation sites (tertiary alicyclic amines) is 1. The van der Waals surface area contributed by atoms with Crippen molar-refractivity contribution in [2.75, 3.05) is 13.1 Å². The zero-order valence-corrected chi connectivity index (χ0v) is 12.4. The summed E-state index contributed by atoms with van der Waals surface area (Å²) in [5.41, 5.74) is 11.0. The number of rotatable bonds is 4. The maximum atomic E-state index is 11.6. The van der Waals surface area contributed by atoms with Gasteiger partial charge in [-0.2, -0.15) is 0 Å². The highest BCUT2D eigenvalue weighted by Gasteiger charge is 2.44. The Kier molecular flexibility index (Phi) is 4.51. The van der Waals surface area contributed by atoms with Crippen LogP contribution in [0.1, 0.15) is 52.4 Å². The molecule has 0 radical (unpaired) electrons. The van der Waals surface area contributed by atoms with Crippen molar-refractivity contribution in [3.63, 3.8) is 0 Å². The first-order valence-corrected chi connectivity index (χ1v) is 7.76. The molecule has 4 nitrogen and oxygen atoms in total. The Morgan fingerprint density at radius 3 is 2.74 bits per heavy atom. The van der Waals surface area contributed by atoms with Gasteiger partial charge in [-0.25, -0.2) is 0 Å². The molecule has 1 saturated carbocycles. The zero-order valence-electron chi connectivity index (χ0n) is 12.4. The van der Waals surface area contributed by atoms with Crippen molar-refractivity contribution in [1.82, 2.24) is 4.90 Å². The van der Waals surface area contributed by atoms with E-state index in [1.807, 2.05) is 0 Å². The third kappa shape index (κ3) is 3.11. The summed E-state index contributed by atoms with van der Waals surface area (Å²) in [6.07, 6.45) is 6.44. The maximum Gasteiger partial charge on any atom is 0.237 e. The van der Waals surface area contributed by atoms with E-state index in [4.69, 9.17) is 11.5 Å². The summed E-state index contributed by atoms with van der Waals surface area (Å²) < 4.78 is 0. The number of piperidine rings is 1. The van der Waals surface area contributed by atoms with E-state index < -0.39 is 5.54 Å². The molecule has 4 heteroatoms. The summed E-state index contributed by atoms with van der Waals surface area (Å²) in [5.74, 6) is 0.809. The Bertz CT molecular complexity index is 333. The molecule has 1 saturated heterocycles. The second-order valence-corrected chi connectivity index (χ2v) is 6.80. The molecule has 1 aliphatic carbocycles. The molecule has 0 aromatic rings. The van der Waals surface area contributed by atoms with Crippen LogP contribution in [0.25, 0.3) is 0 Å². The smallest absolute Gasteiger partial charge is 0.237 e. The molecule has 2 fully saturated rings. The van der Waals surface area contributed by atoms with Gasteiger partial charge in [0, 0.05) is 6.04 Å². The van der Waals surface area contributed by atoms with Gasteiger partial charge < -0.3 is 16.4 Å². The molecule has 19 heavy (non-hydrogen) atoms. The quantitative estimate of drug-likeness (QED) is 0.810. The fraction of sp³-hybridized carbons (Fsp3) is 0.933. The highest BCUT2D eigenvalue weighted by molar-refractivity contribution is 5.85. The van der Waals surface area contributed by atoms with E-state index in [9.17, 15) is 4.79 Å². The Balaban J connectivity index is 1.87. The van der Waals surface area contributed by atoms with E-state index in [-0.39, 0.29) is 11.8 Å². The van der Waals surface area contributed by atoms with Gasteiger partial charge >= 0.3 is 0 Å². The largest absolute Gasteiger partial charge is 0.368 e. The average Bonchev–Trinajstić information content (AvgIpc) is 2.71. The van der Waals surface area contributed by atoms with Gasteiger partial charge in [0.25, 0.3) is 0 Å². The molecule has 0 bridgehead atoms. The van der Waals surface area contributed by atoms with Gasteiger partial charge in [0.2, 0.25) is 5.91 Å². The molecule has 4 N–H and O–H groups in total. The van der Waals surface area contributed by atoms with Gasteiger partial charge in [-0.05, 0) is 64.0 Å². The molecule has 0 spiro atoms. The van der Waals surface area contributed by atoms with Crippen LogP contribution in [-0.2, 0) is 4.79 Å². The zero-order chi connectivity index (χ0) is 14.0. The van der Waals surface area contributed by atoms with E-state index in [0.29, 0.717) is 6.04 Å². The van der Waals surface area contributed by atoms with Crippen molar-refractivity contribution in [3.8, 4) is 0 Å². The molecular weight excluding hydrogens is 238 g/mol. The van der Waals surface area contributed by atoms with Crippen LogP contribution in [0.2, 0.25) is 0 Å². The molecule has 4 atom stereocenters. The van der Waals surface area contributed by atoms with E-state index >= 15 is 0 Å². The van der Waals surface area contributed by atoms with Gasteiger partial charge in [0.05, 0.1) is 5.54 Å². The fourth-order valence-electron chi connectivity index (χ4n) is 3.94. The third-order valence-corrected chi connectivity index (χ3v) is 5.37. The second-order valence-electron chi connectivity index (χ2n) is 6.80. The fourth-order valence-corrected chi connectivity index (χ4v) is 3.94. The highest BCUT2D eigenvalue weighted by Crippen LogP contribution is 2.36. The van der Waals surface area contributed by atoms with Crippen molar-refractivity contribution >= 4 is 5.91 Å². The van der Waals surface area contributed by atoms with E-state index in [1.165, 1.54) is 19.4 Å². The van der Waals surface area contributed by atoms with Crippen molar-refractivity contribution in [3.05, 3.63) is 0 Å². The number of amides is 1. The van der Waals surface area contributed by atoms with Crippen LogP contribution in [0.3, 0.4) is 0 Å².